The monoisotopic (exact) mass is 319 g/mol. The van der Waals surface area contributed by atoms with Crippen LogP contribution in [0.15, 0.2) is 24.3 Å². The molecule has 4 heteroatoms. The molecule has 0 aliphatic heterocycles. The van der Waals surface area contributed by atoms with Gasteiger partial charge in [-0.3, -0.25) is 0 Å². The van der Waals surface area contributed by atoms with E-state index in [4.69, 9.17) is 4.89 Å². The van der Waals surface area contributed by atoms with Gasteiger partial charge in [0, 0.05) is 17.4 Å². The molecule has 0 saturated heterocycles. The predicted molar refractivity (Wildman–Crippen MR) is 77.6 cm³/mol. The number of hydrogen-bond donors (Lipinski definition) is 1. The Balaban J connectivity index is 0.00000324. The Morgan fingerprint density at radius 3 is 2.00 bits per heavy atom. The minimum Gasteiger partial charge on any atom is -0.156 e. The number of unbranched alkanes of at least 4 members (excludes halogenated alkanes) is 6. The molecular formula is C15H24CrO2P+. The zero-order valence-corrected chi connectivity index (χ0v) is 13.8. The molecule has 1 aromatic rings. The Bertz CT molecular complexity index is 352. The van der Waals surface area contributed by atoms with Crippen molar-refractivity contribution in [3.63, 3.8) is 0 Å². The fourth-order valence-corrected chi connectivity index (χ4v) is 2.48. The van der Waals surface area contributed by atoms with E-state index in [2.05, 4.69) is 6.92 Å². The van der Waals surface area contributed by atoms with Gasteiger partial charge in [0.1, 0.15) is 0 Å². The van der Waals surface area contributed by atoms with E-state index < -0.39 is 8.03 Å². The Labute approximate surface area is 128 Å². The van der Waals surface area contributed by atoms with Gasteiger partial charge in [0.2, 0.25) is 5.30 Å². The second-order valence-electron chi connectivity index (χ2n) is 4.81. The van der Waals surface area contributed by atoms with E-state index in [1.54, 1.807) is 12.1 Å². The minimum atomic E-state index is -2.18. The minimum absolute atomic E-state index is 0. The van der Waals surface area contributed by atoms with E-state index in [1.165, 1.54) is 50.5 Å². The quantitative estimate of drug-likeness (QED) is 0.543. The topological polar surface area (TPSA) is 37.3 Å². The average molecular weight is 319 g/mol. The molecule has 0 bridgehead atoms. The summed E-state index contributed by atoms with van der Waals surface area (Å²) < 4.78 is 10.8. The third-order valence-corrected chi connectivity index (χ3v) is 3.97. The first-order valence-electron chi connectivity index (χ1n) is 6.99. The summed E-state index contributed by atoms with van der Waals surface area (Å²) in [5.74, 6) is 0. The van der Waals surface area contributed by atoms with Gasteiger partial charge in [-0.05, 0) is 35.1 Å². The zero-order valence-electron chi connectivity index (χ0n) is 11.7. The smallest absolute Gasteiger partial charge is 0.156 e. The predicted octanol–water partition coefficient (Wildman–Crippen LogP) is 4.34. The van der Waals surface area contributed by atoms with Gasteiger partial charge in [-0.2, -0.15) is 4.89 Å². The number of rotatable bonds is 9. The summed E-state index contributed by atoms with van der Waals surface area (Å²) in [4.78, 5) is 8.94. The Morgan fingerprint density at radius 2 is 1.47 bits per heavy atom. The van der Waals surface area contributed by atoms with Crippen molar-refractivity contribution in [3.8, 4) is 0 Å². The van der Waals surface area contributed by atoms with E-state index in [-0.39, 0.29) is 17.4 Å². The average Bonchev–Trinajstić information content (AvgIpc) is 2.38. The molecule has 0 fully saturated rings. The van der Waals surface area contributed by atoms with E-state index in [1.807, 2.05) is 12.1 Å². The largest absolute Gasteiger partial charge is 0.546 e. The molecule has 1 aromatic carbocycles. The molecule has 19 heavy (non-hydrogen) atoms. The van der Waals surface area contributed by atoms with Crippen LogP contribution in [0.2, 0.25) is 0 Å². The van der Waals surface area contributed by atoms with E-state index in [0.29, 0.717) is 5.30 Å². The van der Waals surface area contributed by atoms with Gasteiger partial charge in [0.15, 0.2) is 0 Å². The molecule has 1 atom stereocenters. The van der Waals surface area contributed by atoms with Gasteiger partial charge in [0.05, 0.1) is 0 Å². The van der Waals surface area contributed by atoms with Gasteiger partial charge >= 0.3 is 8.03 Å². The molecular weight excluding hydrogens is 295 g/mol. The fourth-order valence-electron chi connectivity index (χ4n) is 2.08. The molecule has 0 aliphatic carbocycles. The maximum atomic E-state index is 10.8. The zero-order chi connectivity index (χ0) is 13.2. The third-order valence-electron chi connectivity index (χ3n) is 3.23. The van der Waals surface area contributed by atoms with Gasteiger partial charge in [-0.15, -0.1) is 0 Å². The van der Waals surface area contributed by atoms with Crippen LogP contribution in [0.4, 0.5) is 0 Å². The van der Waals surface area contributed by atoms with Crippen LogP contribution >= 0.6 is 8.03 Å². The van der Waals surface area contributed by atoms with Crippen molar-refractivity contribution in [3.05, 3.63) is 29.8 Å². The van der Waals surface area contributed by atoms with Crippen molar-refractivity contribution < 1.29 is 26.8 Å². The second-order valence-corrected chi connectivity index (χ2v) is 5.87. The molecule has 1 unspecified atom stereocenters. The molecule has 0 radical (unpaired) electrons. The molecule has 0 aromatic heterocycles. The summed E-state index contributed by atoms with van der Waals surface area (Å²) >= 11 is 0. The molecule has 2 nitrogen and oxygen atoms in total. The van der Waals surface area contributed by atoms with Gasteiger partial charge in [-0.25, -0.2) is 0 Å². The number of aryl methyl sites for hydroxylation is 1. The molecule has 0 amide bonds. The van der Waals surface area contributed by atoms with Crippen LogP contribution in [-0.2, 0) is 28.3 Å². The molecule has 0 saturated carbocycles. The maximum Gasteiger partial charge on any atom is 0.546 e. The Hall–Kier alpha value is -0.188. The molecule has 1 rings (SSSR count). The van der Waals surface area contributed by atoms with Gasteiger partial charge in [-0.1, -0.05) is 57.6 Å². The van der Waals surface area contributed by atoms with Crippen molar-refractivity contribution in [2.45, 2.75) is 58.3 Å². The van der Waals surface area contributed by atoms with Crippen molar-refractivity contribution in [2.75, 3.05) is 0 Å². The Morgan fingerprint density at radius 1 is 0.947 bits per heavy atom. The fraction of sp³-hybridized carbons (Fsp3) is 0.600. The van der Waals surface area contributed by atoms with E-state index >= 15 is 0 Å². The molecule has 0 spiro atoms. The number of benzene rings is 1. The summed E-state index contributed by atoms with van der Waals surface area (Å²) in [5.41, 5.74) is 1.27. The van der Waals surface area contributed by atoms with Crippen molar-refractivity contribution in [1.29, 1.82) is 0 Å². The van der Waals surface area contributed by atoms with Gasteiger partial charge < -0.3 is 0 Å². The molecule has 106 valence electrons. The normalized spacial score (nSPS) is 10.9. The Kier molecular flexibility index (Phi) is 11.5. The third kappa shape index (κ3) is 8.56. The number of hydrogen-bond acceptors (Lipinski definition) is 1. The second kappa shape index (κ2) is 11.6. The van der Waals surface area contributed by atoms with Crippen molar-refractivity contribution in [1.82, 2.24) is 0 Å². The van der Waals surface area contributed by atoms with Crippen LogP contribution in [0, 0.1) is 0 Å². The van der Waals surface area contributed by atoms with Crippen molar-refractivity contribution in [2.24, 2.45) is 0 Å². The van der Waals surface area contributed by atoms with Gasteiger partial charge in [0.25, 0.3) is 0 Å². The first-order valence-corrected chi connectivity index (χ1v) is 8.20. The summed E-state index contributed by atoms with van der Waals surface area (Å²) in [6.45, 7) is 2.24. The van der Waals surface area contributed by atoms with Crippen LogP contribution in [0.3, 0.4) is 0 Å². The summed E-state index contributed by atoms with van der Waals surface area (Å²) in [6, 6.07) is 7.45. The summed E-state index contributed by atoms with van der Waals surface area (Å²) in [7, 11) is -2.18. The molecule has 0 heterocycles. The summed E-state index contributed by atoms with van der Waals surface area (Å²) in [5, 5.41) is 0.522. The van der Waals surface area contributed by atoms with Crippen molar-refractivity contribution >= 4 is 13.3 Å². The van der Waals surface area contributed by atoms with Crippen LogP contribution in [-0.4, -0.2) is 4.89 Å². The SMILES string of the molecule is CCCCCCCCCc1ccc([P+](=O)O)cc1.[Cr]. The molecule has 1 N–H and O–H groups in total. The summed E-state index contributed by atoms with van der Waals surface area (Å²) in [6.07, 6.45) is 10.3. The van der Waals surface area contributed by atoms with Crippen LogP contribution < -0.4 is 5.30 Å². The maximum absolute atomic E-state index is 10.8. The van der Waals surface area contributed by atoms with E-state index in [9.17, 15) is 4.57 Å². The first-order chi connectivity index (χ1) is 8.74. The standard InChI is InChI=1S/C15H23O2P.Cr/c1-2-3-4-5-6-7-8-9-14-10-12-15(13-11-14)18(16)17;/h10-13H,2-9H2,1H3;/p+1. The first kappa shape index (κ1) is 18.8. The molecule has 0 aliphatic rings. The van der Waals surface area contributed by atoms with Crippen LogP contribution in [0.25, 0.3) is 0 Å². The van der Waals surface area contributed by atoms with Crippen LogP contribution in [0.1, 0.15) is 57.4 Å². The van der Waals surface area contributed by atoms with E-state index in [0.717, 1.165) is 6.42 Å². The van der Waals surface area contributed by atoms with Crippen LogP contribution in [0.5, 0.6) is 0 Å².